The summed E-state index contributed by atoms with van der Waals surface area (Å²) in [4.78, 5) is 15.4. The molecule has 0 unspecified atom stereocenters. The van der Waals surface area contributed by atoms with Gasteiger partial charge in [0, 0.05) is 7.05 Å². The highest BCUT2D eigenvalue weighted by Gasteiger charge is 2.15. The molecule has 0 aliphatic carbocycles. The fourth-order valence-electron chi connectivity index (χ4n) is 1.18. The van der Waals surface area contributed by atoms with Gasteiger partial charge in [0.15, 0.2) is 11.3 Å². The number of nitrogens with zero attached hydrogens (tertiary/aromatic N) is 6. The van der Waals surface area contributed by atoms with Crippen molar-refractivity contribution in [1.82, 2.24) is 19.2 Å². The van der Waals surface area contributed by atoms with Gasteiger partial charge in [-0.2, -0.15) is 15.0 Å². The first-order valence-corrected chi connectivity index (χ1v) is 3.93. The van der Waals surface area contributed by atoms with Gasteiger partial charge < -0.3 is 0 Å². The number of nitriles is 2. The normalized spacial score (nSPS) is 9.80. The Morgan fingerprint density at radius 3 is 2.73 bits per heavy atom. The van der Waals surface area contributed by atoms with Crippen LogP contribution < -0.4 is 5.69 Å². The minimum Gasteiger partial charge on any atom is -0.286 e. The highest BCUT2D eigenvalue weighted by molar-refractivity contribution is 5.59. The highest BCUT2D eigenvalue weighted by Crippen LogP contribution is 2.08. The van der Waals surface area contributed by atoms with Crippen LogP contribution in [0.25, 0.3) is 5.65 Å². The van der Waals surface area contributed by atoms with Crippen LogP contribution in [0, 0.1) is 22.7 Å². The van der Waals surface area contributed by atoms with E-state index >= 15 is 0 Å². The van der Waals surface area contributed by atoms with E-state index in [4.69, 9.17) is 10.5 Å². The molecule has 0 radical (unpaired) electrons. The van der Waals surface area contributed by atoms with Crippen LogP contribution in [0.1, 0.15) is 11.3 Å². The van der Waals surface area contributed by atoms with Gasteiger partial charge in [-0.05, 0) is 0 Å². The molecule has 0 N–H and O–H groups in total. The molecule has 0 fully saturated rings. The van der Waals surface area contributed by atoms with Gasteiger partial charge in [-0.15, -0.1) is 5.10 Å². The van der Waals surface area contributed by atoms with E-state index in [1.807, 2.05) is 0 Å². The number of hydrogen-bond acceptors (Lipinski definition) is 5. The van der Waals surface area contributed by atoms with E-state index in [0.29, 0.717) is 0 Å². The maximum atomic E-state index is 11.5. The molecule has 72 valence electrons. The van der Waals surface area contributed by atoms with Gasteiger partial charge in [-0.1, -0.05) is 0 Å². The van der Waals surface area contributed by atoms with Crippen LogP contribution in [0.4, 0.5) is 0 Å². The van der Waals surface area contributed by atoms with Crippen LogP contribution >= 0.6 is 0 Å². The van der Waals surface area contributed by atoms with Gasteiger partial charge >= 0.3 is 5.69 Å². The molecule has 2 heterocycles. The standard InChI is InChI=1S/C8H4N6O/c1-13-4-11-7-5(2-9)6(3-10)12-14(7)8(13)15/h4H,1H3. The van der Waals surface area contributed by atoms with Crippen molar-refractivity contribution in [3.63, 3.8) is 0 Å². The average Bonchev–Trinajstić information content (AvgIpc) is 2.61. The number of fused-ring (bicyclic) bond motifs is 1. The SMILES string of the molecule is Cn1cnc2c(C#N)c(C#N)nn2c1=O. The molecule has 0 aromatic carbocycles. The maximum absolute atomic E-state index is 11.5. The lowest BCUT2D eigenvalue weighted by atomic mass is 10.3. The second kappa shape index (κ2) is 2.93. The molecular weight excluding hydrogens is 196 g/mol. The van der Waals surface area contributed by atoms with E-state index in [1.165, 1.54) is 17.9 Å². The molecule has 0 atom stereocenters. The first-order valence-electron chi connectivity index (χ1n) is 3.93. The van der Waals surface area contributed by atoms with Crippen molar-refractivity contribution < 1.29 is 0 Å². The van der Waals surface area contributed by atoms with Crippen molar-refractivity contribution in [3.8, 4) is 12.1 Å². The van der Waals surface area contributed by atoms with Crippen molar-refractivity contribution in [3.05, 3.63) is 28.1 Å². The molecule has 2 aromatic heterocycles. The third-order valence-electron chi connectivity index (χ3n) is 1.91. The topological polar surface area (TPSA) is 99.8 Å². The van der Waals surface area contributed by atoms with Crippen LogP contribution in [0.5, 0.6) is 0 Å². The second-order valence-electron chi connectivity index (χ2n) is 2.82. The Morgan fingerprint density at radius 1 is 1.40 bits per heavy atom. The van der Waals surface area contributed by atoms with Crippen LogP contribution in [-0.2, 0) is 7.05 Å². The maximum Gasteiger partial charge on any atom is 0.351 e. The van der Waals surface area contributed by atoms with Crippen molar-refractivity contribution in [2.45, 2.75) is 0 Å². The van der Waals surface area contributed by atoms with E-state index in [-0.39, 0.29) is 16.9 Å². The summed E-state index contributed by atoms with van der Waals surface area (Å²) >= 11 is 0. The van der Waals surface area contributed by atoms with Gasteiger partial charge in [0.05, 0.1) is 0 Å². The lowest BCUT2D eigenvalue weighted by Gasteiger charge is -1.95. The Kier molecular flexibility index (Phi) is 1.74. The largest absolute Gasteiger partial charge is 0.351 e. The highest BCUT2D eigenvalue weighted by atomic mass is 16.1. The third kappa shape index (κ3) is 1.07. The zero-order chi connectivity index (χ0) is 11.0. The summed E-state index contributed by atoms with van der Waals surface area (Å²) in [5, 5.41) is 21.2. The lowest BCUT2D eigenvalue weighted by Crippen LogP contribution is -2.25. The van der Waals surface area contributed by atoms with Gasteiger partial charge in [0.1, 0.15) is 24.0 Å². The molecule has 7 nitrogen and oxygen atoms in total. The molecule has 2 rings (SSSR count). The Balaban J connectivity index is 3.05. The summed E-state index contributed by atoms with van der Waals surface area (Å²) < 4.78 is 2.15. The lowest BCUT2D eigenvalue weighted by molar-refractivity contribution is 0.715. The number of hydrogen-bond donors (Lipinski definition) is 0. The molecule has 0 bridgehead atoms. The number of aromatic nitrogens is 4. The van der Waals surface area contributed by atoms with E-state index in [9.17, 15) is 4.79 Å². The first kappa shape index (κ1) is 8.91. The summed E-state index contributed by atoms with van der Waals surface area (Å²) in [5.74, 6) is 0. The van der Waals surface area contributed by atoms with Crippen LogP contribution in [-0.4, -0.2) is 19.2 Å². The molecule has 0 saturated carbocycles. The van der Waals surface area contributed by atoms with Crippen molar-refractivity contribution >= 4 is 5.65 Å². The fraction of sp³-hybridized carbons (Fsp3) is 0.125. The van der Waals surface area contributed by atoms with E-state index < -0.39 is 5.69 Å². The zero-order valence-corrected chi connectivity index (χ0v) is 7.67. The summed E-state index contributed by atoms with van der Waals surface area (Å²) in [6.45, 7) is 0. The van der Waals surface area contributed by atoms with Crippen molar-refractivity contribution in [2.24, 2.45) is 7.05 Å². The van der Waals surface area contributed by atoms with Crippen LogP contribution in [0.3, 0.4) is 0 Å². The molecule has 0 amide bonds. The van der Waals surface area contributed by atoms with Gasteiger partial charge in [0.2, 0.25) is 0 Å². The molecule has 2 aromatic rings. The molecule has 0 aliphatic heterocycles. The van der Waals surface area contributed by atoms with E-state index in [0.717, 1.165) is 4.52 Å². The number of aryl methyl sites for hydroxylation is 1. The number of rotatable bonds is 0. The van der Waals surface area contributed by atoms with Crippen molar-refractivity contribution in [1.29, 1.82) is 10.5 Å². The Labute approximate surface area is 83.4 Å². The second-order valence-corrected chi connectivity index (χ2v) is 2.82. The predicted molar refractivity (Wildman–Crippen MR) is 47.7 cm³/mol. The Bertz CT molecular complexity index is 680. The molecular formula is C8H4N6O. The molecule has 15 heavy (non-hydrogen) atoms. The monoisotopic (exact) mass is 200 g/mol. The summed E-state index contributed by atoms with van der Waals surface area (Å²) in [7, 11) is 1.51. The van der Waals surface area contributed by atoms with Crippen LogP contribution in [0.15, 0.2) is 11.1 Å². The van der Waals surface area contributed by atoms with Gasteiger partial charge in [-0.25, -0.2) is 9.78 Å². The summed E-state index contributed by atoms with van der Waals surface area (Å²) in [5.41, 5.74) is -0.404. The summed E-state index contributed by atoms with van der Waals surface area (Å²) in [6.07, 6.45) is 1.28. The zero-order valence-electron chi connectivity index (χ0n) is 7.67. The minimum atomic E-state index is -0.446. The molecule has 0 saturated heterocycles. The van der Waals surface area contributed by atoms with E-state index in [2.05, 4.69) is 10.1 Å². The predicted octanol–water partition coefficient (Wildman–Crippen LogP) is -0.829. The van der Waals surface area contributed by atoms with Crippen molar-refractivity contribution in [2.75, 3.05) is 0 Å². The average molecular weight is 200 g/mol. The molecule has 0 aliphatic rings. The molecule has 0 spiro atoms. The minimum absolute atomic E-state index is 0.0233. The van der Waals surface area contributed by atoms with Gasteiger partial charge in [-0.3, -0.25) is 4.57 Å². The van der Waals surface area contributed by atoms with Gasteiger partial charge in [0.25, 0.3) is 0 Å². The quantitative estimate of drug-likeness (QED) is 0.552. The Hall–Kier alpha value is -2.67. The van der Waals surface area contributed by atoms with E-state index in [1.54, 1.807) is 12.1 Å². The third-order valence-corrected chi connectivity index (χ3v) is 1.91. The van der Waals surface area contributed by atoms with Crippen LogP contribution in [0.2, 0.25) is 0 Å². The Morgan fingerprint density at radius 2 is 2.13 bits per heavy atom. The first-order chi connectivity index (χ1) is 7.19. The fourth-order valence-corrected chi connectivity index (χ4v) is 1.18. The smallest absolute Gasteiger partial charge is 0.286 e. The molecule has 7 heteroatoms. The summed E-state index contributed by atoms with van der Waals surface area (Å²) in [6, 6.07) is 3.54.